The molecule has 4 saturated heterocycles. The molecule has 0 aromatic heterocycles. The smallest absolute Gasteiger partial charge is 0.247 e. The van der Waals surface area contributed by atoms with Gasteiger partial charge in [-0.1, -0.05) is 64.1 Å². The van der Waals surface area contributed by atoms with E-state index in [0.29, 0.717) is 61.4 Å². The summed E-state index contributed by atoms with van der Waals surface area (Å²) in [6.07, 6.45) is 3.36. The highest BCUT2D eigenvalue weighted by Crippen LogP contribution is 2.48. The lowest BCUT2D eigenvalue weighted by atomic mass is 9.84. The zero-order valence-electron chi connectivity index (χ0n) is 36.1. The third-order valence-electron chi connectivity index (χ3n) is 12.6. The Balaban J connectivity index is 1.16. The number of amides is 6. The minimum atomic E-state index is -0.747. The molecule has 0 bridgehead atoms. The maximum Gasteiger partial charge on any atom is 0.247 e. The molecule has 4 aliphatic rings. The Kier molecular flexibility index (Phi) is 14.3. The number of hydrogen-bond acceptors (Lipinski definition) is 10. The van der Waals surface area contributed by atoms with Crippen LogP contribution < -0.4 is 31.9 Å². The highest BCUT2D eigenvalue weighted by atomic mass is 32.2. The van der Waals surface area contributed by atoms with Crippen LogP contribution in [0.5, 0.6) is 0 Å². The van der Waals surface area contributed by atoms with E-state index < -0.39 is 47.1 Å². The Morgan fingerprint density at radius 3 is 1.38 bits per heavy atom. The first-order valence-corrected chi connectivity index (χ1v) is 23.2. The zero-order valence-corrected chi connectivity index (χ0v) is 37.7. The van der Waals surface area contributed by atoms with Crippen LogP contribution in [0.4, 0.5) is 11.4 Å². The molecule has 16 heteroatoms. The standard InChI is InChI=1S/C44H62N8O6S2/c1-25(45-7)37(53)49-31-19-21-59-33-23-43(3,4)35(51(33)41(31)57)39(55)47-29-15-11-9-13-27(29)17-18-28-14-10-12-16-30(28)48-40(56)36-44(5,6)24-34-52(36)42(58)32(20-22-60-34)50-38(54)26(2)46-8/h9-16,25-26,31-36,45-46H,17-24H2,1-8H3,(H,47,55)(H,48,56)(H,49,53)(H,50,54)/t25-,26-,31-,32-,33?,34?,35-,36+/m0/s1. The van der Waals surface area contributed by atoms with Gasteiger partial charge in [-0.25, -0.2) is 0 Å². The minimum absolute atomic E-state index is 0.180. The number of rotatable bonds is 13. The number of nitrogens with zero attached hydrogens (tertiary/aromatic N) is 2. The number of hydrogen-bond donors (Lipinski definition) is 6. The molecule has 60 heavy (non-hydrogen) atoms. The number of aryl methyl sites for hydroxylation is 2. The highest BCUT2D eigenvalue weighted by molar-refractivity contribution is 8.00. The Hall–Kier alpha value is -4.12. The number of carbonyl (C=O) groups excluding carboxylic acids is 6. The molecule has 6 rings (SSSR count). The number of thioether (sulfide) groups is 2. The molecule has 2 unspecified atom stereocenters. The predicted octanol–water partition coefficient (Wildman–Crippen LogP) is 3.71. The number of nitrogens with one attached hydrogen (secondary N) is 6. The van der Waals surface area contributed by atoms with Crippen molar-refractivity contribution in [3.05, 3.63) is 59.7 Å². The van der Waals surface area contributed by atoms with Crippen LogP contribution >= 0.6 is 23.5 Å². The molecule has 8 atom stereocenters. The van der Waals surface area contributed by atoms with Gasteiger partial charge in [-0.05, 0) is 112 Å². The normalized spacial score (nSPS) is 26.8. The summed E-state index contributed by atoms with van der Waals surface area (Å²) in [6.45, 7) is 11.6. The van der Waals surface area contributed by atoms with Crippen molar-refractivity contribution in [2.45, 2.75) is 127 Å². The lowest BCUT2D eigenvalue weighted by molar-refractivity contribution is -0.142. The molecule has 2 aromatic rings. The zero-order chi connectivity index (χ0) is 43.5. The van der Waals surface area contributed by atoms with Crippen LogP contribution in [0.25, 0.3) is 0 Å². The summed E-state index contributed by atoms with van der Waals surface area (Å²) in [5.74, 6) is -0.161. The second kappa shape index (κ2) is 18.9. The van der Waals surface area contributed by atoms with Gasteiger partial charge in [0.2, 0.25) is 35.4 Å². The fourth-order valence-electron chi connectivity index (χ4n) is 8.95. The van der Waals surface area contributed by atoms with Crippen molar-refractivity contribution in [1.82, 2.24) is 31.1 Å². The monoisotopic (exact) mass is 862 g/mol. The SMILES string of the molecule is CN[C@@H](C)C(=O)N[C@H]1CCSC2CC(C)(C)[C@H](C(=O)Nc3ccccc3CCc3ccccc3NC(=O)[C@H]3N4C(=O)[C@@H](NC(=O)[C@H](C)NC)CCSC4CC3(C)C)N2C1=O. The molecule has 4 heterocycles. The lowest BCUT2D eigenvalue weighted by Gasteiger charge is -2.34. The molecule has 6 amide bonds. The van der Waals surface area contributed by atoms with E-state index in [-0.39, 0.29) is 46.2 Å². The first-order valence-electron chi connectivity index (χ1n) is 21.1. The lowest BCUT2D eigenvalue weighted by Crippen LogP contribution is -2.57. The Labute approximate surface area is 362 Å². The van der Waals surface area contributed by atoms with Gasteiger partial charge in [0.1, 0.15) is 24.2 Å². The van der Waals surface area contributed by atoms with E-state index in [0.717, 1.165) is 11.1 Å². The van der Waals surface area contributed by atoms with Crippen LogP contribution in [0.15, 0.2) is 48.5 Å². The fraction of sp³-hybridized carbons (Fsp3) is 0.591. The van der Waals surface area contributed by atoms with Gasteiger partial charge in [0.15, 0.2) is 0 Å². The maximum absolute atomic E-state index is 14.4. The number of likely N-dealkylation sites (N-methyl/N-ethyl adjacent to an activating group) is 2. The average Bonchev–Trinajstić information content (AvgIpc) is 3.53. The molecule has 2 aromatic carbocycles. The van der Waals surface area contributed by atoms with Gasteiger partial charge in [0, 0.05) is 11.4 Å². The van der Waals surface area contributed by atoms with Gasteiger partial charge < -0.3 is 41.7 Å². The molecule has 6 N–H and O–H groups in total. The van der Waals surface area contributed by atoms with E-state index in [1.54, 1.807) is 61.3 Å². The van der Waals surface area contributed by atoms with E-state index in [2.05, 4.69) is 31.9 Å². The molecule has 326 valence electrons. The molecule has 0 spiro atoms. The molecule has 4 aliphatic heterocycles. The quantitative estimate of drug-likeness (QED) is 0.174. The van der Waals surface area contributed by atoms with Crippen molar-refractivity contribution in [3.63, 3.8) is 0 Å². The average molecular weight is 863 g/mol. The third-order valence-corrected chi connectivity index (χ3v) is 15.1. The Morgan fingerprint density at radius 1 is 0.650 bits per heavy atom. The number of anilines is 2. The summed E-state index contributed by atoms with van der Waals surface area (Å²) in [6, 6.07) is 11.4. The van der Waals surface area contributed by atoms with Crippen molar-refractivity contribution in [2.24, 2.45) is 10.8 Å². The van der Waals surface area contributed by atoms with Crippen LogP contribution in [0, 0.1) is 10.8 Å². The molecular formula is C44H62N8O6S2. The molecule has 4 fully saturated rings. The van der Waals surface area contributed by atoms with E-state index in [4.69, 9.17) is 0 Å². The predicted molar refractivity (Wildman–Crippen MR) is 238 cm³/mol. The van der Waals surface area contributed by atoms with Crippen LogP contribution in [0.3, 0.4) is 0 Å². The van der Waals surface area contributed by atoms with Crippen LogP contribution in [-0.2, 0) is 41.6 Å². The van der Waals surface area contributed by atoms with Gasteiger partial charge in [-0.3, -0.25) is 28.8 Å². The van der Waals surface area contributed by atoms with Crippen LogP contribution in [0.1, 0.15) is 78.4 Å². The number of benzene rings is 2. The summed E-state index contributed by atoms with van der Waals surface area (Å²) in [4.78, 5) is 85.9. The molecular weight excluding hydrogens is 801 g/mol. The first kappa shape index (κ1) is 45.4. The van der Waals surface area contributed by atoms with Gasteiger partial charge >= 0.3 is 0 Å². The van der Waals surface area contributed by atoms with Crippen molar-refractivity contribution in [2.75, 3.05) is 36.2 Å². The molecule has 0 radical (unpaired) electrons. The second-order valence-electron chi connectivity index (χ2n) is 17.8. The van der Waals surface area contributed by atoms with Crippen molar-refractivity contribution < 1.29 is 28.8 Å². The number of fused-ring (bicyclic) bond motifs is 2. The highest BCUT2D eigenvalue weighted by Gasteiger charge is 2.56. The summed E-state index contributed by atoms with van der Waals surface area (Å²) in [5, 5.41) is 17.7. The molecule has 14 nitrogen and oxygen atoms in total. The Bertz CT molecular complexity index is 1820. The van der Waals surface area contributed by atoms with Gasteiger partial charge in [0.05, 0.1) is 22.8 Å². The maximum atomic E-state index is 14.4. The van der Waals surface area contributed by atoms with E-state index in [1.807, 2.05) is 76.2 Å². The van der Waals surface area contributed by atoms with Gasteiger partial charge in [-0.2, -0.15) is 0 Å². The summed E-state index contributed by atoms with van der Waals surface area (Å²) in [5.41, 5.74) is 2.06. The number of carbonyl (C=O) groups is 6. The van der Waals surface area contributed by atoms with Gasteiger partial charge in [-0.15, -0.1) is 23.5 Å². The number of para-hydroxylation sites is 2. The summed E-state index contributed by atoms with van der Waals surface area (Å²) < 4.78 is 0. The Morgan fingerprint density at radius 2 is 1.02 bits per heavy atom. The molecule has 0 saturated carbocycles. The summed E-state index contributed by atoms with van der Waals surface area (Å²) in [7, 11) is 3.39. The second-order valence-corrected chi connectivity index (χ2v) is 20.4. The van der Waals surface area contributed by atoms with Crippen molar-refractivity contribution in [1.29, 1.82) is 0 Å². The topological polar surface area (TPSA) is 181 Å². The van der Waals surface area contributed by atoms with Crippen molar-refractivity contribution >= 4 is 70.3 Å². The summed E-state index contributed by atoms with van der Waals surface area (Å²) >= 11 is 3.31. The molecule has 0 aliphatic carbocycles. The van der Waals surface area contributed by atoms with Crippen molar-refractivity contribution in [3.8, 4) is 0 Å². The van der Waals surface area contributed by atoms with E-state index in [1.165, 1.54) is 0 Å². The van der Waals surface area contributed by atoms with Gasteiger partial charge in [0.25, 0.3) is 0 Å². The van der Waals surface area contributed by atoms with Crippen LogP contribution in [0.2, 0.25) is 0 Å². The first-order chi connectivity index (χ1) is 28.5. The van der Waals surface area contributed by atoms with Crippen LogP contribution in [-0.4, -0.2) is 118 Å². The van der Waals surface area contributed by atoms with E-state index in [9.17, 15) is 28.8 Å². The third kappa shape index (κ3) is 9.66. The van der Waals surface area contributed by atoms with E-state index >= 15 is 0 Å². The minimum Gasteiger partial charge on any atom is -0.343 e. The fourth-order valence-corrected chi connectivity index (χ4v) is 12.1. The largest absolute Gasteiger partial charge is 0.343 e.